The van der Waals surface area contributed by atoms with Gasteiger partial charge >= 0.3 is 28.4 Å². The minimum atomic E-state index is 0. The SMILES string of the molecule is CC(C)(C)c1c[c-]c2c(c1)-c1cc(C(C)(C)C)ccc1C2.CC1=[C-]C(C)C=C1C.Cl.Cl.[CH2]=[Zr].[CH3-].[c-]1ccccc1. The van der Waals surface area contributed by atoms with E-state index in [1.165, 1.54) is 68.8 Å². The van der Waals surface area contributed by atoms with Crippen molar-refractivity contribution >= 4 is 29.0 Å². The Kier molecular flexibility index (Phi) is 18.4. The van der Waals surface area contributed by atoms with Crippen LogP contribution in [-0.4, -0.2) is 4.21 Å². The maximum atomic E-state index is 3.53. The Hall–Kier alpha value is -1.53. The van der Waals surface area contributed by atoms with E-state index in [4.69, 9.17) is 0 Å². The van der Waals surface area contributed by atoms with Crippen molar-refractivity contribution in [2.75, 3.05) is 0 Å². The van der Waals surface area contributed by atoms with Crippen LogP contribution in [0.15, 0.2) is 77.9 Å². The molecule has 1 atom stereocenters. The van der Waals surface area contributed by atoms with E-state index in [0.717, 1.165) is 6.42 Å². The molecule has 0 aliphatic heterocycles. The molecule has 2 aliphatic rings. The molecule has 0 saturated carbocycles. The zero-order valence-corrected chi connectivity index (χ0v) is 30.2. The Morgan fingerprint density at radius 1 is 0.825 bits per heavy atom. The van der Waals surface area contributed by atoms with Gasteiger partial charge in [-0.2, -0.15) is 71.8 Å². The molecule has 3 aromatic carbocycles. The molecule has 0 bridgehead atoms. The minimum absolute atomic E-state index is 0. The first-order valence-corrected chi connectivity index (χ1v) is 14.8. The summed E-state index contributed by atoms with van der Waals surface area (Å²) in [7, 11) is 0. The zero-order chi connectivity index (χ0) is 27.8. The summed E-state index contributed by atoms with van der Waals surface area (Å²) in [4.78, 5) is 0. The van der Waals surface area contributed by atoms with Crippen LogP contribution in [0.1, 0.15) is 84.6 Å². The Bertz CT molecular complexity index is 1120. The van der Waals surface area contributed by atoms with Gasteiger partial charge in [-0.05, 0) is 17.4 Å². The van der Waals surface area contributed by atoms with Crippen molar-refractivity contribution in [3.8, 4) is 11.1 Å². The van der Waals surface area contributed by atoms with Crippen molar-refractivity contribution in [1.29, 1.82) is 0 Å². The van der Waals surface area contributed by atoms with Gasteiger partial charge in [-0.1, -0.05) is 96.0 Å². The van der Waals surface area contributed by atoms with E-state index in [2.05, 4.69) is 121 Å². The third kappa shape index (κ3) is 11.8. The molecular formula is C37H48Cl2Zr-4. The predicted molar refractivity (Wildman–Crippen MR) is 180 cm³/mol. The summed E-state index contributed by atoms with van der Waals surface area (Å²) in [6.45, 7) is 20.0. The quantitative estimate of drug-likeness (QED) is 0.166. The standard InChI is InChI=1S/C21H25.C8H11.C6H5.CH3.CH2.2ClH.Zr/c1-20(2,3)16-9-7-14-11-15-8-10-17(21(4,5)6)13-19(15)18(14)12-16;1-6-4-7(2)8(3)5-6;1-2-4-6-5-3-1;;;;;/h7,9-10,12-13H,11H2,1-6H3;4,6H,1-3H3;1-5H;1H3;1H2;2*1H;/q4*-1;;;;. The average Bonchev–Trinajstić information content (AvgIpc) is 3.37. The maximum Gasteiger partial charge on any atom is -0.171 e. The van der Waals surface area contributed by atoms with Gasteiger partial charge in [0.15, 0.2) is 0 Å². The number of hydrogen-bond donors (Lipinski definition) is 0. The van der Waals surface area contributed by atoms with Crippen LogP contribution in [0.4, 0.5) is 0 Å². The number of hydrogen-bond acceptors (Lipinski definition) is 0. The second-order valence-electron chi connectivity index (χ2n) is 11.8. The van der Waals surface area contributed by atoms with Crippen LogP contribution in [0.2, 0.25) is 0 Å². The number of halogens is 2. The molecule has 1 unspecified atom stereocenters. The van der Waals surface area contributed by atoms with Gasteiger partial charge in [0.1, 0.15) is 0 Å². The Labute approximate surface area is 273 Å². The molecule has 0 saturated heterocycles. The van der Waals surface area contributed by atoms with Crippen LogP contribution in [0.3, 0.4) is 0 Å². The number of rotatable bonds is 0. The van der Waals surface area contributed by atoms with Gasteiger partial charge in [0.05, 0.1) is 0 Å². The molecule has 0 fully saturated rings. The van der Waals surface area contributed by atoms with Crippen LogP contribution < -0.4 is 0 Å². The van der Waals surface area contributed by atoms with E-state index < -0.39 is 0 Å². The average molecular weight is 655 g/mol. The molecule has 5 rings (SSSR count). The largest absolute Gasteiger partial charge is 0.358 e. The summed E-state index contributed by atoms with van der Waals surface area (Å²) >= 11 is 1.30. The van der Waals surface area contributed by atoms with E-state index in [-0.39, 0.29) is 43.1 Å². The fourth-order valence-corrected chi connectivity index (χ4v) is 4.32. The predicted octanol–water partition coefficient (Wildman–Crippen LogP) is 10.7. The summed E-state index contributed by atoms with van der Waals surface area (Å²) in [6.07, 6.45) is 6.55. The van der Waals surface area contributed by atoms with E-state index in [1.807, 2.05) is 30.3 Å². The normalized spacial score (nSPS) is 14.2. The molecular weight excluding hydrogens is 607 g/mol. The molecule has 3 heteroatoms. The second kappa shape index (κ2) is 18.1. The monoisotopic (exact) mass is 652 g/mol. The first-order valence-electron chi connectivity index (χ1n) is 13.1. The molecule has 40 heavy (non-hydrogen) atoms. The summed E-state index contributed by atoms with van der Waals surface area (Å²) in [5.74, 6) is 0.551. The van der Waals surface area contributed by atoms with Crippen LogP contribution >= 0.6 is 24.8 Å². The zero-order valence-electron chi connectivity index (χ0n) is 26.2. The first-order chi connectivity index (χ1) is 17.4. The van der Waals surface area contributed by atoms with Crippen molar-refractivity contribution in [1.82, 2.24) is 0 Å². The minimum Gasteiger partial charge on any atom is -0.358 e. The number of fused-ring (bicyclic) bond motifs is 3. The molecule has 0 amide bonds. The van der Waals surface area contributed by atoms with Crippen molar-refractivity contribution < 1.29 is 24.2 Å². The Morgan fingerprint density at radius 2 is 1.38 bits per heavy atom. The summed E-state index contributed by atoms with van der Waals surface area (Å²) in [5, 5.41) is 0. The van der Waals surface area contributed by atoms with Crippen molar-refractivity contribution in [2.24, 2.45) is 5.92 Å². The number of benzene rings is 3. The summed E-state index contributed by atoms with van der Waals surface area (Å²) in [5.41, 5.74) is 11.5. The topological polar surface area (TPSA) is 0 Å². The van der Waals surface area contributed by atoms with E-state index in [9.17, 15) is 0 Å². The van der Waals surface area contributed by atoms with Crippen molar-refractivity contribution in [2.45, 2.75) is 79.6 Å². The van der Waals surface area contributed by atoms with Crippen LogP contribution in [0, 0.1) is 31.6 Å². The molecule has 2 aliphatic carbocycles. The third-order valence-electron chi connectivity index (χ3n) is 6.67. The fourth-order valence-electron chi connectivity index (χ4n) is 4.32. The van der Waals surface area contributed by atoms with Gasteiger partial charge < -0.3 is 7.43 Å². The van der Waals surface area contributed by atoms with E-state index in [1.54, 1.807) is 0 Å². The van der Waals surface area contributed by atoms with Gasteiger partial charge in [0.25, 0.3) is 0 Å². The first kappa shape index (κ1) is 40.6. The van der Waals surface area contributed by atoms with Gasteiger partial charge in [-0.25, -0.2) is 11.1 Å². The molecule has 0 N–H and O–H groups in total. The van der Waals surface area contributed by atoms with Crippen LogP contribution in [0.25, 0.3) is 11.1 Å². The molecule has 218 valence electrons. The fraction of sp³-hybridized carbons (Fsp3) is 0.351. The van der Waals surface area contributed by atoms with E-state index in [0.29, 0.717) is 5.92 Å². The maximum absolute atomic E-state index is 3.53. The van der Waals surface area contributed by atoms with Gasteiger partial charge in [-0.15, -0.1) is 37.3 Å². The number of allylic oxidation sites excluding steroid dienone is 4. The van der Waals surface area contributed by atoms with Crippen molar-refractivity contribution in [3.63, 3.8) is 0 Å². The molecule has 0 nitrogen and oxygen atoms in total. The summed E-state index contributed by atoms with van der Waals surface area (Å²) in [6, 6.07) is 27.6. The molecule has 0 heterocycles. The smallest absolute Gasteiger partial charge is 0.171 e. The molecule has 0 spiro atoms. The molecule has 0 radical (unpaired) electrons. The Balaban J connectivity index is 0. The molecule has 0 aromatic heterocycles. The Morgan fingerprint density at radius 3 is 1.75 bits per heavy atom. The van der Waals surface area contributed by atoms with Crippen molar-refractivity contribution in [3.05, 3.63) is 126 Å². The van der Waals surface area contributed by atoms with Gasteiger partial charge in [0, 0.05) is 0 Å². The van der Waals surface area contributed by atoms with Gasteiger partial charge in [-0.3, -0.25) is 6.08 Å². The van der Waals surface area contributed by atoms with Gasteiger partial charge in [0.2, 0.25) is 0 Å². The summed E-state index contributed by atoms with van der Waals surface area (Å²) < 4.78 is 3.34. The second-order valence-corrected chi connectivity index (χ2v) is 11.8. The third-order valence-corrected chi connectivity index (χ3v) is 6.67. The van der Waals surface area contributed by atoms with E-state index >= 15 is 0 Å². The van der Waals surface area contributed by atoms with Crippen LogP contribution in [0.5, 0.6) is 0 Å². The molecule has 3 aromatic rings. The van der Waals surface area contributed by atoms with Crippen LogP contribution in [-0.2, 0) is 41.5 Å².